The third kappa shape index (κ3) is 3.72. The van der Waals surface area contributed by atoms with E-state index in [1.54, 1.807) is 6.92 Å². The predicted molar refractivity (Wildman–Crippen MR) is 86.6 cm³/mol. The SMILES string of the molecule is COc1ccc(S(=O)(=O)Nc2cc([N+](=O)[O-])ccc2Cl)cc1C. The fraction of sp³-hybridized carbons (Fsp3) is 0.143. The summed E-state index contributed by atoms with van der Waals surface area (Å²) in [5.41, 5.74) is 0.313. The van der Waals surface area contributed by atoms with Crippen LogP contribution in [0.2, 0.25) is 5.02 Å². The van der Waals surface area contributed by atoms with Crippen LogP contribution in [0.3, 0.4) is 0 Å². The Morgan fingerprint density at radius 3 is 2.48 bits per heavy atom. The summed E-state index contributed by atoms with van der Waals surface area (Å²) in [4.78, 5) is 10.2. The van der Waals surface area contributed by atoms with Crippen LogP contribution in [0.4, 0.5) is 11.4 Å². The number of ether oxygens (including phenoxy) is 1. The summed E-state index contributed by atoms with van der Waals surface area (Å²) < 4.78 is 32.2. The summed E-state index contributed by atoms with van der Waals surface area (Å²) in [7, 11) is -2.45. The van der Waals surface area contributed by atoms with Crippen LogP contribution in [0, 0.1) is 17.0 Å². The second-order valence-electron chi connectivity index (χ2n) is 4.66. The normalized spacial score (nSPS) is 11.1. The Morgan fingerprint density at radius 1 is 1.22 bits per heavy atom. The van der Waals surface area contributed by atoms with Crippen LogP contribution in [0.1, 0.15) is 5.56 Å². The minimum absolute atomic E-state index is 0.00151. The number of hydrogen-bond donors (Lipinski definition) is 1. The maximum atomic E-state index is 12.4. The molecular formula is C14H13ClN2O5S. The number of nitrogens with one attached hydrogen (secondary N) is 1. The number of nitrogens with zero attached hydrogens (tertiary/aromatic N) is 1. The topological polar surface area (TPSA) is 98.5 Å². The van der Waals surface area contributed by atoms with Gasteiger partial charge in [0.15, 0.2) is 0 Å². The van der Waals surface area contributed by atoms with Crippen LogP contribution in [-0.4, -0.2) is 20.5 Å². The van der Waals surface area contributed by atoms with E-state index in [1.807, 2.05) is 0 Å². The molecule has 0 aliphatic rings. The summed E-state index contributed by atoms with van der Waals surface area (Å²) in [5, 5.41) is 10.8. The number of halogens is 1. The van der Waals surface area contributed by atoms with Crippen molar-refractivity contribution in [2.45, 2.75) is 11.8 Å². The van der Waals surface area contributed by atoms with Crippen LogP contribution in [0.25, 0.3) is 0 Å². The van der Waals surface area contributed by atoms with Gasteiger partial charge in [0.25, 0.3) is 15.7 Å². The van der Waals surface area contributed by atoms with Crippen molar-refractivity contribution in [3.8, 4) is 5.75 Å². The molecule has 1 N–H and O–H groups in total. The molecule has 0 saturated heterocycles. The molecule has 2 rings (SSSR count). The van der Waals surface area contributed by atoms with Gasteiger partial charge in [-0.25, -0.2) is 8.42 Å². The van der Waals surface area contributed by atoms with Crippen molar-refractivity contribution < 1.29 is 18.1 Å². The van der Waals surface area contributed by atoms with Crippen molar-refractivity contribution in [3.63, 3.8) is 0 Å². The van der Waals surface area contributed by atoms with Gasteiger partial charge in [0.1, 0.15) is 5.75 Å². The average molecular weight is 357 g/mol. The number of anilines is 1. The molecule has 0 bridgehead atoms. The van der Waals surface area contributed by atoms with Crippen molar-refractivity contribution in [2.24, 2.45) is 0 Å². The molecule has 9 heteroatoms. The number of aryl methyl sites for hydroxylation is 1. The highest BCUT2D eigenvalue weighted by molar-refractivity contribution is 7.92. The van der Waals surface area contributed by atoms with E-state index in [9.17, 15) is 18.5 Å². The van der Waals surface area contributed by atoms with Crippen LogP contribution >= 0.6 is 11.6 Å². The monoisotopic (exact) mass is 356 g/mol. The molecule has 0 saturated carbocycles. The van der Waals surface area contributed by atoms with Gasteiger partial charge in [-0.05, 0) is 36.8 Å². The molecule has 0 heterocycles. The van der Waals surface area contributed by atoms with Gasteiger partial charge in [0.05, 0.1) is 27.6 Å². The first-order valence-corrected chi connectivity index (χ1v) is 8.22. The molecule has 0 atom stereocenters. The number of hydrogen-bond acceptors (Lipinski definition) is 5. The highest BCUT2D eigenvalue weighted by atomic mass is 35.5. The van der Waals surface area contributed by atoms with Crippen LogP contribution in [-0.2, 0) is 10.0 Å². The molecule has 0 aliphatic heterocycles. The van der Waals surface area contributed by atoms with E-state index in [0.717, 1.165) is 6.07 Å². The van der Waals surface area contributed by atoms with Gasteiger partial charge in [-0.15, -0.1) is 0 Å². The van der Waals surface area contributed by atoms with Gasteiger partial charge in [0, 0.05) is 12.1 Å². The van der Waals surface area contributed by atoms with Gasteiger partial charge in [-0.3, -0.25) is 14.8 Å². The lowest BCUT2D eigenvalue weighted by molar-refractivity contribution is -0.384. The summed E-state index contributed by atoms with van der Waals surface area (Å²) in [6, 6.07) is 7.86. The van der Waals surface area contributed by atoms with Gasteiger partial charge in [-0.2, -0.15) is 0 Å². The summed E-state index contributed by atoms with van der Waals surface area (Å²) in [6.45, 7) is 1.71. The number of methoxy groups -OCH3 is 1. The molecule has 2 aromatic carbocycles. The zero-order chi connectivity index (χ0) is 17.2. The molecule has 0 radical (unpaired) electrons. The van der Waals surface area contributed by atoms with Crippen LogP contribution in [0.5, 0.6) is 5.75 Å². The summed E-state index contributed by atoms with van der Waals surface area (Å²) in [5.74, 6) is 0.553. The van der Waals surface area contributed by atoms with Gasteiger partial charge < -0.3 is 4.74 Å². The fourth-order valence-corrected chi connectivity index (χ4v) is 3.30. The Hall–Kier alpha value is -2.32. The van der Waals surface area contributed by atoms with Gasteiger partial charge in [-0.1, -0.05) is 11.6 Å². The van der Waals surface area contributed by atoms with Crippen LogP contribution in [0.15, 0.2) is 41.3 Å². The Balaban J connectivity index is 2.40. The third-order valence-corrected chi connectivity index (χ3v) is 4.77. The van der Waals surface area contributed by atoms with E-state index in [0.29, 0.717) is 11.3 Å². The molecule has 23 heavy (non-hydrogen) atoms. The van der Waals surface area contributed by atoms with Crippen molar-refractivity contribution in [2.75, 3.05) is 11.8 Å². The lowest BCUT2D eigenvalue weighted by Gasteiger charge is -2.11. The molecule has 0 spiro atoms. The first-order valence-electron chi connectivity index (χ1n) is 6.36. The fourth-order valence-electron chi connectivity index (χ4n) is 1.93. The van der Waals surface area contributed by atoms with E-state index in [2.05, 4.69) is 4.72 Å². The number of non-ortho nitro benzene ring substituents is 1. The highest BCUT2D eigenvalue weighted by Gasteiger charge is 2.19. The van der Waals surface area contributed by atoms with Crippen molar-refractivity contribution >= 4 is 33.0 Å². The number of nitro benzene ring substituents is 1. The lowest BCUT2D eigenvalue weighted by atomic mass is 10.2. The third-order valence-electron chi connectivity index (χ3n) is 3.08. The molecule has 0 amide bonds. The van der Waals surface area contributed by atoms with Gasteiger partial charge in [0.2, 0.25) is 0 Å². The number of rotatable bonds is 5. The van der Waals surface area contributed by atoms with Crippen LogP contribution < -0.4 is 9.46 Å². The van der Waals surface area contributed by atoms with Crippen molar-refractivity contribution in [1.29, 1.82) is 0 Å². The first kappa shape index (κ1) is 17.0. The largest absolute Gasteiger partial charge is 0.496 e. The standard InChI is InChI=1S/C14H13ClN2O5S/c1-9-7-11(4-6-14(9)22-2)23(20,21)16-13-8-10(17(18)19)3-5-12(13)15/h3-8,16H,1-2H3. The molecular weight excluding hydrogens is 344 g/mol. The van der Waals surface area contributed by atoms with E-state index in [1.165, 1.54) is 37.4 Å². The Morgan fingerprint density at radius 2 is 1.91 bits per heavy atom. The summed E-state index contributed by atoms with van der Waals surface area (Å²) in [6.07, 6.45) is 0. The molecule has 7 nitrogen and oxygen atoms in total. The predicted octanol–water partition coefficient (Wildman–Crippen LogP) is 3.37. The molecule has 2 aromatic rings. The van der Waals surface area contributed by atoms with Gasteiger partial charge >= 0.3 is 0 Å². The Labute approximate surface area is 138 Å². The van der Waals surface area contributed by atoms with E-state index in [-0.39, 0.29) is 21.3 Å². The number of sulfonamides is 1. The minimum Gasteiger partial charge on any atom is -0.496 e. The maximum absolute atomic E-state index is 12.4. The number of benzene rings is 2. The quantitative estimate of drug-likeness (QED) is 0.654. The van der Waals surface area contributed by atoms with Crippen molar-refractivity contribution in [3.05, 3.63) is 57.1 Å². The first-order chi connectivity index (χ1) is 10.7. The summed E-state index contributed by atoms with van der Waals surface area (Å²) >= 11 is 5.90. The van der Waals surface area contributed by atoms with Crippen molar-refractivity contribution in [1.82, 2.24) is 0 Å². The second kappa shape index (κ2) is 6.43. The molecule has 0 aromatic heterocycles. The molecule has 0 fully saturated rings. The zero-order valence-electron chi connectivity index (χ0n) is 12.2. The minimum atomic E-state index is -3.94. The molecule has 0 aliphatic carbocycles. The second-order valence-corrected chi connectivity index (χ2v) is 6.75. The lowest BCUT2D eigenvalue weighted by Crippen LogP contribution is -2.13. The Kier molecular flexibility index (Phi) is 4.76. The number of nitro groups is 1. The average Bonchev–Trinajstić information content (AvgIpc) is 2.49. The van der Waals surface area contributed by atoms with E-state index in [4.69, 9.17) is 16.3 Å². The Bertz CT molecular complexity index is 867. The zero-order valence-corrected chi connectivity index (χ0v) is 13.8. The van der Waals surface area contributed by atoms with E-state index >= 15 is 0 Å². The van der Waals surface area contributed by atoms with E-state index < -0.39 is 14.9 Å². The maximum Gasteiger partial charge on any atom is 0.271 e. The smallest absolute Gasteiger partial charge is 0.271 e. The highest BCUT2D eigenvalue weighted by Crippen LogP contribution is 2.29. The molecule has 0 unspecified atom stereocenters. The molecule has 122 valence electrons.